The molecule has 0 radical (unpaired) electrons. The van der Waals surface area contributed by atoms with Gasteiger partial charge in [0.2, 0.25) is 0 Å². The first-order chi connectivity index (χ1) is 11.3. The van der Waals surface area contributed by atoms with Gasteiger partial charge in [0.05, 0.1) is 5.57 Å². The number of aliphatic hydroxyl groups excluding tert-OH is 2. The van der Waals surface area contributed by atoms with Crippen LogP contribution in [0.5, 0.6) is 0 Å². The summed E-state index contributed by atoms with van der Waals surface area (Å²) in [6.45, 7) is 9.18. The number of ether oxygens (including phenoxy) is 1. The van der Waals surface area contributed by atoms with Gasteiger partial charge in [-0.2, -0.15) is 0 Å². The second kappa shape index (κ2) is 6.30. The zero-order valence-electron chi connectivity index (χ0n) is 14.9. The molecule has 0 aromatic heterocycles. The van der Waals surface area contributed by atoms with Crippen molar-refractivity contribution in [3.8, 4) is 0 Å². The lowest BCUT2D eigenvalue weighted by molar-refractivity contribution is -0.135. The molecule has 1 saturated heterocycles. The maximum Gasteiger partial charge on any atom is 0.336 e. The second-order valence-electron chi connectivity index (χ2n) is 8.48. The van der Waals surface area contributed by atoms with Crippen LogP contribution in [-0.2, 0) is 9.53 Å². The van der Waals surface area contributed by atoms with E-state index in [-0.39, 0.29) is 30.0 Å². The fourth-order valence-electron chi connectivity index (χ4n) is 5.64. The molecule has 0 amide bonds. The molecular weight excluding hydrogens is 304 g/mol. The highest BCUT2D eigenvalue weighted by Gasteiger charge is 2.54. The molecule has 4 heteroatoms. The normalized spacial score (nSPS) is 44.5. The summed E-state index contributed by atoms with van der Waals surface area (Å²) in [5.41, 5.74) is 1.71. The molecule has 134 valence electrons. The zero-order valence-corrected chi connectivity index (χ0v) is 14.9. The van der Waals surface area contributed by atoms with E-state index in [1.54, 1.807) is 0 Å². The van der Waals surface area contributed by atoms with Crippen molar-refractivity contribution in [1.82, 2.24) is 0 Å². The third-order valence-electron chi connectivity index (χ3n) is 7.05. The monoisotopic (exact) mass is 334 g/mol. The van der Waals surface area contributed by atoms with Gasteiger partial charge >= 0.3 is 5.97 Å². The van der Waals surface area contributed by atoms with Crippen molar-refractivity contribution in [2.75, 3.05) is 13.2 Å². The first-order valence-corrected chi connectivity index (χ1v) is 9.15. The quantitative estimate of drug-likeness (QED) is 0.473. The van der Waals surface area contributed by atoms with Crippen LogP contribution in [0.2, 0.25) is 0 Å². The molecule has 3 aliphatic rings. The first-order valence-electron chi connectivity index (χ1n) is 9.15. The molecule has 1 aliphatic heterocycles. The van der Waals surface area contributed by atoms with E-state index >= 15 is 0 Å². The van der Waals surface area contributed by atoms with Gasteiger partial charge in [0, 0.05) is 6.61 Å². The predicted octanol–water partition coefficient (Wildman–Crippen LogP) is 2.99. The molecule has 3 fully saturated rings. The number of cyclic esters (lactones) is 1. The average molecular weight is 334 g/mol. The Labute approximate surface area is 144 Å². The number of hydrogen-bond acceptors (Lipinski definition) is 4. The number of allylic oxidation sites excluding steroid dienone is 2. The van der Waals surface area contributed by atoms with Crippen molar-refractivity contribution in [2.45, 2.75) is 58.5 Å². The molecule has 0 bridgehead atoms. The van der Waals surface area contributed by atoms with Crippen molar-refractivity contribution < 1.29 is 19.7 Å². The van der Waals surface area contributed by atoms with E-state index < -0.39 is 12.1 Å². The lowest BCUT2D eigenvalue weighted by Gasteiger charge is -2.58. The largest absolute Gasteiger partial charge is 0.459 e. The minimum Gasteiger partial charge on any atom is -0.459 e. The fourth-order valence-corrected chi connectivity index (χ4v) is 5.64. The van der Waals surface area contributed by atoms with Gasteiger partial charge in [0.25, 0.3) is 0 Å². The standard InChI is InChI=1S/C20H30O4/c1-13-5-8-17-19(2,12-21)9-4-10-20(17,3)15(13)7-6-14-16(22)11-24-18(14)23/h6,15-17,21-22H,1,4-5,7-12H2,2-3H3/b14-6+/t15-,16?,17-,19+,20+/m1/s1. The number of esters is 1. The summed E-state index contributed by atoms with van der Waals surface area (Å²) in [5.74, 6) is 0.364. The molecule has 5 atom stereocenters. The summed E-state index contributed by atoms with van der Waals surface area (Å²) in [7, 11) is 0. The maximum atomic E-state index is 11.7. The molecule has 24 heavy (non-hydrogen) atoms. The SMILES string of the molecule is C=C1CC[C@@H]2[C@](C)(CO)CCC[C@@]2(C)[C@@H]1C/C=C1/C(=O)OCC1O. The van der Waals surface area contributed by atoms with Crippen LogP contribution < -0.4 is 0 Å². The Hall–Kier alpha value is -1.13. The number of carbonyl (C=O) groups is 1. The maximum absolute atomic E-state index is 11.7. The summed E-state index contributed by atoms with van der Waals surface area (Å²) < 4.78 is 4.91. The van der Waals surface area contributed by atoms with E-state index in [0.29, 0.717) is 11.5 Å². The smallest absolute Gasteiger partial charge is 0.336 e. The molecule has 2 saturated carbocycles. The van der Waals surface area contributed by atoms with Crippen LogP contribution >= 0.6 is 0 Å². The van der Waals surface area contributed by atoms with Crippen LogP contribution in [0.25, 0.3) is 0 Å². The fraction of sp³-hybridized carbons (Fsp3) is 0.750. The highest BCUT2D eigenvalue weighted by atomic mass is 16.6. The minimum absolute atomic E-state index is 0.0229. The Balaban J connectivity index is 1.87. The minimum atomic E-state index is -0.799. The molecule has 0 aromatic carbocycles. The zero-order chi connectivity index (χ0) is 17.5. The van der Waals surface area contributed by atoms with E-state index in [9.17, 15) is 15.0 Å². The number of fused-ring (bicyclic) bond motifs is 1. The summed E-state index contributed by atoms with van der Waals surface area (Å²) in [6.07, 6.45) is 7.19. The molecule has 2 N–H and O–H groups in total. The van der Waals surface area contributed by atoms with Gasteiger partial charge < -0.3 is 14.9 Å². The van der Waals surface area contributed by atoms with E-state index in [1.165, 1.54) is 5.57 Å². The van der Waals surface area contributed by atoms with E-state index in [0.717, 1.165) is 38.5 Å². The Morgan fingerprint density at radius 2 is 2.12 bits per heavy atom. The Morgan fingerprint density at radius 1 is 1.38 bits per heavy atom. The molecular formula is C20H30O4. The Kier molecular flexibility index (Phi) is 4.65. The van der Waals surface area contributed by atoms with Crippen molar-refractivity contribution in [3.63, 3.8) is 0 Å². The number of rotatable bonds is 3. The summed E-state index contributed by atoms with van der Waals surface area (Å²) >= 11 is 0. The van der Waals surface area contributed by atoms with Crippen molar-refractivity contribution in [3.05, 3.63) is 23.8 Å². The lowest BCUT2D eigenvalue weighted by Crippen LogP contribution is -2.51. The van der Waals surface area contributed by atoms with Crippen molar-refractivity contribution in [2.24, 2.45) is 22.7 Å². The molecule has 0 spiro atoms. The van der Waals surface area contributed by atoms with Crippen LogP contribution in [0.3, 0.4) is 0 Å². The molecule has 1 unspecified atom stereocenters. The third-order valence-corrected chi connectivity index (χ3v) is 7.05. The lowest BCUT2D eigenvalue weighted by atomic mass is 9.47. The molecule has 2 aliphatic carbocycles. The third kappa shape index (κ3) is 2.74. The van der Waals surface area contributed by atoms with Gasteiger partial charge in [0.15, 0.2) is 0 Å². The van der Waals surface area contributed by atoms with Crippen LogP contribution in [0.4, 0.5) is 0 Å². The number of hydrogen-bond donors (Lipinski definition) is 2. The summed E-state index contributed by atoms with van der Waals surface area (Å²) in [4.78, 5) is 11.7. The molecule has 0 aromatic rings. The summed E-state index contributed by atoms with van der Waals surface area (Å²) in [6, 6.07) is 0. The Bertz CT molecular complexity index is 566. The topological polar surface area (TPSA) is 66.8 Å². The van der Waals surface area contributed by atoms with Gasteiger partial charge in [-0.15, -0.1) is 0 Å². The average Bonchev–Trinajstić information content (AvgIpc) is 2.85. The van der Waals surface area contributed by atoms with Crippen LogP contribution in [0, 0.1) is 22.7 Å². The van der Waals surface area contributed by atoms with Gasteiger partial charge in [0.1, 0.15) is 12.7 Å². The van der Waals surface area contributed by atoms with Gasteiger partial charge in [-0.05, 0) is 54.8 Å². The molecule has 1 heterocycles. The number of aliphatic hydroxyl groups is 2. The van der Waals surface area contributed by atoms with Crippen LogP contribution in [0.15, 0.2) is 23.8 Å². The van der Waals surface area contributed by atoms with Gasteiger partial charge in [-0.25, -0.2) is 4.79 Å². The molecule has 4 nitrogen and oxygen atoms in total. The van der Waals surface area contributed by atoms with Gasteiger partial charge in [-0.3, -0.25) is 0 Å². The van der Waals surface area contributed by atoms with E-state index in [2.05, 4.69) is 20.4 Å². The van der Waals surface area contributed by atoms with E-state index in [4.69, 9.17) is 4.74 Å². The Morgan fingerprint density at radius 3 is 2.75 bits per heavy atom. The highest BCUT2D eigenvalue weighted by molar-refractivity contribution is 5.91. The van der Waals surface area contributed by atoms with Crippen molar-refractivity contribution in [1.29, 1.82) is 0 Å². The second-order valence-corrected chi connectivity index (χ2v) is 8.48. The van der Waals surface area contributed by atoms with Crippen LogP contribution in [-0.4, -0.2) is 35.5 Å². The first kappa shape index (κ1) is 17.7. The highest BCUT2D eigenvalue weighted by Crippen LogP contribution is 2.61. The van der Waals surface area contributed by atoms with E-state index in [1.807, 2.05) is 6.08 Å². The molecule has 3 rings (SSSR count). The van der Waals surface area contributed by atoms with Gasteiger partial charge in [-0.1, -0.05) is 38.5 Å². The summed E-state index contributed by atoms with van der Waals surface area (Å²) in [5, 5.41) is 19.9. The van der Waals surface area contributed by atoms with Crippen LogP contribution in [0.1, 0.15) is 52.4 Å². The predicted molar refractivity (Wildman–Crippen MR) is 92.2 cm³/mol. The number of carbonyl (C=O) groups excluding carboxylic acids is 1. The van der Waals surface area contributed by atoms with Crippen molar-refractivity contribution >= 4 is 5.97 Å².